The van der Waals surface area contributed by atoms with Crippen LogP contribution in [0.5, 0.6) is 0 Å². The van der Waals surface area contributed by atoms with Gasteiger partial charge < -0.3 is 14.2 Å². The van der Waals surface area contributed by atoms with Gasteiger partial charge in [0.25, 0.3) is 0 Å². The predicted molar refractivity (Wildman–Crippen MR) is 74.5 cm³/mol. The van der Waals surface area contributed by atoms with Crippen molar-refractivity contribution in [2.24, 2.45) is 0 Å². The molecule has 0 aliphatic carbocycles. The van der Waals surface area contributed by atoms with Crippen LogP contribution in [0.2, 0.25) is 0 Å². The molecule has 4 nitrogen and oxygen atoms in total. The molecule has 0 bridgehead atoms. The topological polar surface area (TPSA) is 44.8 Å². The molecule has 0 aromatic carbocycles. The third-order valence-electron chi connectivity index (χ3n) is 2.59. The summed E-state index contributed by atoms with van der Waals surface area (Å²) in [5.41, 5.74) is 0. The Bertz CT molecular complexity index is 274. The van der Waals surface area contributed by atoms with E-state index >= 15 is 0 Å². The van der Waals surface area contributed by atoms with Crippen molar-refractivity contribution < 1.29 is 19.0 Å². The molecule has 0 saturated carbocycles. The van der Waals surface area contributed by atoms with Gasteiger partial charge in [0.15, 0.2) is 0 Å². The van der Waals surface area contributed by atoms with Crippen LogP contribution in [-0.2, 0) is 19.0 Å². The van der Waals surface area contributed by atoms with E-state index in [2.05, 4.69) is 18.8 Å². The molecule has 0 fully saturated rings. The van der Waals surface area contributed by atoms with Gasteiger partial charge in [0.05, 0.1) is 6.61 Å². The van der Waals surface area contributed by atoms with Gasteiger partial charge in [-0.05, 0) is 25.2 Å². The first-order chi connectivity index (χ1) is 9.24. The van der Waals surface area contributed by atoms with Crippen molar-refractivity contribution in [3.8, 4) is 11.8 Å². The smallest absolute Gasteiger partial charge is 0.305 e. The minimum Gasteiger partial charge on any atom is -0.466 e. The van der Waals surface area contributed by atoms with Crippen molar-refractivity contribution in [2.75, 3.05) is 20.8 Å². The molecule has 0 spiro atoms. The van der Waals surface area contributed by atoms with E-state index in [0.717, 1.165) is 38.5 Å². The lowest BCUT2D eigenvalue weighted by Gasteiger charge is -2.04. The Morgan fingerprint density at radius 1 is 1.11 bits per heavy atom. The molecule has 0 amide bonds. The number of carbonyl (C=O) groups is 1. The SMILES string of the molecule is CCCCOC(=O)CCCCCC#CC(OC)OC. The van der Waals surface area contributed by atoms with Crippen molar-refractivity contribution in [1.29, 1.82) is 0 Å². The standard InChI is InChI=1S/C15H26O4/c1-4-5-13-19-14(16)11-9-7-6-8-10-12-15(17-2)18-3/h15H,4-9,11,13H2,1-3H3. The molecule has 19 heavy (non-hydrogen) atoms. The molecule has 0 aliphatic heterocycles. The van der Waals surface area contributed by atoms with Crippen LogP contribution in [0.3, 0.4) is 0 Å². The molecular weight excluding hydrogens is 244 g/mol. The predicted octanol–water partition coefficient (Wildman–Crippen LogP) is 2.90. The number of esters is 1. The molecule has 0 atom stereocenters. The molecule has 0 rings (SSSR count). The Morgan fingerprint density at radius 2 is 1.84 bits per heavy atom. The second kappa shape index (κ2) is 13.4. The number of methoxy groups -OCH3 is 2. The van der Waals surface area contributed by atoms with Gasteiger partial charge in [0, 0.05) is 27.1 Å². The molecule has 110 valence electrons. The van der Waals surface area contributed by atoms with E-state index in [1.54, 1.807) is 14.2 Å². The number of rotatable bonds is 10. The highest BCUT2D eigenvalue weighted by Crippen LogP contribution is 2.04. The minimum atomic E-state index is -0.437. The molecule has 0 aromatic rings. The van der Waals surface area contributed by atoms with Crippen molar-refractivity contribution in [3.05, 3.63) is 0 Å². The lowest BCUT2D eigenvalue weighted by Crippen LogP contribution is -2.09. The van der Waals surface area contributed by atoms with Crippen molar-refractivity contribution in [3.63, 3.8) is 0 Å². The largest absolute Gasteiger partial charge is 0.466 e. The molecule has 0 radical (unpaired) electrons. The van der Waals surface area contributed by atoms with E-state index in [0.29, 0.717) is 13.0 Å². The van der Waals surface area contributed by atoms with Gasteiger partial charge in [0.2, 0.25) is 6.29 Å². The van der Waals surface area contributed by atoms with Crippen LogP contribution in [0.15, 0.2) is 0 Å². The maximum Gasteiger partial charge on any atom is 0.305 e. The highest BCUT2D eigenvalue weighted by molar-refractivity contribution is 5.69. The Morgan fingerprint density at radius 3 is 2.47 bits per heavy atom. The van der Waals surface area contributed by atoms with E-state index in [4.69, 9.17) is 14.2 Å². The lowest BCUT2D eigenvalue weighted by atomic mass is 10.1. The quantitative estimate of drug-likeness (QED) is 0.265. The Hall–Kier alpha value is -1.05. The summed E-state index contributed by atoms with van der Waals surface area (Å²) in [7, 11) is 3.13. The summed E-state index contributed by atoms with van der Waals surface area (Å²) in [6.45, 7) is 2.63. The number of hydrogen-bond acceptors (Lipinski definition) is 4. The normalized spacial score (nSPS) is 10.1. The molecule has 0 heterocycles. The summed E-state index contributed by atoms with van der Waals surface area (Å²) >= 11 is 0. The molecular formula is C15H26O4. The first-order valence-electron chi connectivity index (χ1n) is 6.94. The monoisotopic (exact) mass is 270 g/mol. The third kappa shape index (κ3) is 11.8. The Labute approximate surface area is 116 Å². The van der Waals surface area contributed by atoms with Gasteiger partial charge in [0.1, 0.15) is 0 Å². The second-order valence-electron chi connectivity index (χ2n) is 4.26. The van der Waals surface area contributed by atoms with Crippen molar-refractivity contribution in [1.82, 2.24) is 0 Å². The molecule has 0 N–H and O–H groups in total. The lowest BCUT2D eigenvalue weighted by molar-refractivity contribution is -0.143. The average Bonchev–Trinajstić information content (AvgIpc) is 2.42. The highest BCUT2D eigenvalue weighted by Gasteiger charge is 2.01. The van der Waals surface area contributed by atoms with Crippen LogP contribution < -0.4 is 0 Å². The number of ether oxygens (including phenoxy) is 3. The second-order valence-corrected chi connectivity index (χ2v) is 4.26. The van der Waals surface area contributed by atoms with Gasteiger partial charge in [-0.1, -0.05) is 25.7 Å². The van der Waals surface area contributed by atoms with Crippen LogP contribution >= 0.6 is 0 Å². The van der Waals surface area contributed by atoms with Crippen LogP contribution in [0.1, 0.15) is 51.9 Å². The van der Waals surface area contributed by atoms with E-state index in [1.807, 2.05) is 0 Å². The Balaban J connectivity index is 3.42. The first kappa shape index (κ1) is 17.9. The molecule has 0 aromatic heterocycles. The van der Waals surface area contributed by atoms with Gasteiger partial charge in [-0.25, -0.2) is 0 Å². The van der Waals surface area contributed by atoms with Gasteiger partial charge in [-0.15, -0.1) is 0 Å². The van der Waals surface area contributed by atoms with Crippen LogP contribution in [0, 0.1) is 11.8 Å². The number of hydrogen-bond donors (Lipinski definition) is 0. The van der Waals surface area contributed by atoms with E-state index in [1.165, 1.54) is 0 Å². The summed E-state index contributed by atoms with van der Waals surface area (Å²) in [4.78, 5) is 11.3. The van der Waals surface area contributed by atoms with Gasteiger partial charge in [-0.3, -0.25) is 4.79 Å². The van der Waals surface area contributed by atoms with E-state index in [-0.39, 0.29) is 5.97 Å². The first-order valence-corrected chi connectivity index (χ1v) is 6.94. The highest BCUT2D eigenvalue weighted by atomic mass is 16.7. The van der Waals surface area contributed by atoms with Gasteiger partial charge >= 0.3 is 5.97 Å². The molecule has 4 heteroatoms. The maximum atomic E-state index is 11.3. The zero-order valence-electron chi connectivity index (χ0n) is 12.4. The van der Waals surface area contributed by atoms with Crippen molar-refractivity contribution >= 4 is 5.97 Å². The zero-order valence-corrected chi connectivity index (χ0v) is 12.4. The average molecular weight is 270 g/mol. The summed E-state index contributed by atoms with van der Waals surface area (Å²) in [5.74, 6) is 5.78. The van der Waals surface area contributed by atoms with Crippen LogP contribution in [0.25, 0.3) is 0 Å². The third-order valence-corrected chi connectivity index (χ3v) is 2.59. The summed E-state index contributed by atoms with van der Waals surface area (Å²) in [6.07, 6.45) is 5.71. The number of unbranched alkanes of at least 4 members (excludes halogenated alkanes) is 4. The zero-order chi connectivity index (χ0) is 14.3. The number of carbonyl (C=O) groups excluding carboxylic acids is 1. The fraction of sp³-hybridized carbons (Fsp3) is 0.800. The molecule has 0 aliphatic rings. The maximum absolute atomic E-state index is 11.3. The minimum absolute atomic E-state index is 0.0848. The molecule has 0 saturated heterocycles. The van der Waals surface area contributed by atoms with Gasteiger partial charge in [-0.2, -0.15) is 0 Å². The van der Waals surface area contributed by atoms with E-state index < -0.39 is 6.29 Å². The van der Waals surface area contributed by atoms with E-state index in [9.17, 15) is 4.79 Å². The fourth-order valence-corrected chi connectivity index (χ4v) is 1.43. The summed E-state index contributed by atoms with van der Waals surface area (Å²) < 4.78 is 15.0. The van der Waals surface area contributed by atoms with Crippen molar-refractivity contribution in [2.45, 2.75) is 58.2 Å². The fourth-order valence-electron chi connectivity index (χ4n) is 1.43. The summed E-state index contributed by atoms with van der Waals surface area (Å²) in [5, 5.41) is 0. The van der Waals surface area contributed by atoms with Crippen LogP contribution in [-0.4, -0.2) is 33.1 Å². The molecule has 0 unspecified atom stereocenters. The Kier molecular flexibility index (Phi) is 12.6. The van der Waals surface area contributed by atoms with Crippen LogP contribution in [0.4, 0.5) is 0 Å². The summed E-state index contributed by atoms with van der Waals surface area (Å²) in [6, 6.07) is 0.